The van der Waals surface area contributed by atoms with Crippen molar-refractivity contribution in [2.45, 2.75) is 0 Å². The van der Waals surface area contributed by atoms with Crippen molar-refractivity contribution in [3.63, 3.8) is 0 Å². The summed E-state index contributed by atoms with van der Waals surface area (Å²) >= 11 is 5.80. The van der Waals surface area contributed by atoms with Crippen LogP contribution in [0.5, 0.6) is 0 Å². The number of nitrogens with one attached hydrogen (secondary N) is 2. The molecule has 0 saturated carbocycles. The Labute approximate surface area is 190 Å². The molecular weight excluding hydrogens is 462 g/mol. The van der Waals surface area contributed by atoms with Crippen molar-refractivity contribution < 1.29 is 33.0 Å². The number of halogens is 3. The quantitative estimate of drug-likeness (QED) is 0.425. The van der Waals surface area contributed by atoms with Gasteiger partial charge in [-0.05, 0) is 36.4 Å². The van der Waals surface area contributed by atoms with Crippen LogP contribution < -0.4 is 10.2 Å². The van der Waals surface area contributed by atoms with Gasteiger partial charge in [0.1, 0.15) is 5.82 Å². The molecule has 0 aliphatic heterocycles. The first-order chi connectivity index (χ1) is 15.7. The highest BCUT2D eigenvalue weighted by atomic mass is 35.5. The summed E-state index contributed by atoms with van der Waals surface area (Å²) in [6.45, 7) is 0.329. The third-order valence-electron chi connectivity index (χ3n) is 4.49. The molecule has 0 unspecified atom stereocenters. The van der Waals surface area contributed by atoms with E-state index < -0.39 is 29.4 Å². The number of methoxy groups -OCH3 is 1. The third kappa shape index (κ3) is 5.51. The minimum Gasteiger partial charge on any atom is -0.478 e. The number of carbonyl (C=O) groups excluding carboxylic acids is 2. The van der Waals surface area contributed by atoms with E-state index in [1.165, 1.54) is 42.3 Å². The maximum atomic E-state index is 13.5. The number of hydrogen-bond donors (Lipinski definition) is 3. The molecule has 3 rings (SSSR count). The van der Waals surface area contributed by atoms with Gasteiger partial charge in [0, 0.05) is 25.4 Å². The van der Waals surface area contributed by atoms with Crippen LogP contribution >= 0.6 is 11.6 Å². The first-order valence-electron chi connectivity index (χ1n) is 9.36. The average molecular weight is 479 g/mol. The minimum absolute atomic E-state index is 0.0112. The lowest BCUT2D eigenvalue weighted by Gasteiger charge is -2.21. The van der Waals surface area contributed by atoms with Gasteiger partial charge in [-0.3, -0.25) is 14.7 Å². The van der Waals surface area contributed by atoms with Crippen molar-refractivity contribution in [3.05, 3.63) is 75.9 Å². The van der Waals surface area contributed by atoms with E-state index in [9.17, 15) is 23.2 Å². The molecule has 0 atom stereocenters. The van der Waals surface area contributed by atoms with Crippen LogP contribution in [0.3, 0.4) is 0 Å². The number of nitrogens with zero attached hydrogens (tertiary/aromatic N) is 2. The summed E-state index contributed by atoms with van der Waals surface area (Å²) in [5, 5.41) is 17.5. The fraction of sp³-hybridized carbons (Fsp3) is 0.143. The summed E-state index contributed by atoms with van der Waals surface area (Å²) < 4.78 is 31.7. The van der Waals surface area contributed by atoms with Gasteiger partial charge in [-0.1, -0.05) is 11.6 Å². The molecule has 172 valence electrons. The van der Waals surface area contributed by atoms with E-state index in [1.807, 2.05) is 0 Å². The van der Waals surface area contributed by atoms with Gasteiger partial charge in [-0.2, -0.15) is 5.10 Å². The number of carboxylic acids is 1. The highest BCUT2D eigenvalue weighted by Gasteiger charge is 2.22. The number of ether oxygens (including phenoxy) is 1. The molecule has 0 fully saturated rings. The number of anilines is 2. The number of carbonyl (C=O) groups is 3. The van der Waals surface area contributed by atoms with E-state index in [1.54, 1.807) is 0 Å². The molecule has 0 aliphatic rings. The fourth-order valence-electron chi connectivity index (χ4n) is 2.83. The summed E-state index contributed by atoms with van der Waals surface area (Å²) in [7, 11) is 1.46. The Morgan fingerprint density at radius 1 is 1.15 bits per heavy atom. The molecule has 33 heavy (non-hydrogen) atoms. The van der Waals surface area contributed by atoms with Gasteiger partial charge in [0.05, 0.1) is 22.8 Å². The molecule has 0 aliphatic carbocycles. The monoisotopic (exact) mass is 478 g/mol. The van der Waals surface area contributed by atoms with Gasteiger partial charge >= 0.3 is 5.97 Å². The number of carboxylic acid groups (broad SMARTS) is 1. The zero-order valence-electron chi connectivity index (χ0n) is 17.1. The zero-order chi connectivity index (χ0) is 24.1. The Hall–Kier alpha value is -3.83. The number of benzene rings is 2. The van der Waals surface area contributed by atoms with E-state index in [2.05, 4.69) is 15.5 Å². The summed E-state index contributed by atoms with van der Waals surface area (Å²) in [6.07, 6.45) is 0. The van der Waals surface area contributed by atoms with Crippen LogP contribution in [0.2, 0.25) is 5.02 Å². The zero-order valence-corrected chi connectivity index (χ0v) is 17.8. The molecule has 3 aromatic rings. The van der Waals surface area contributed by atoms with Crippen LogP contribution in [-0.4, -0.2) is 53.3 Å². The molecule has 0 spiro atoms. The maximum Gasteiger partial charge on any atom is 0.335 e. The standard InChI is InChI=1S/C21H17ClF2N4O5/c1-33-7-6-28(12-4-2-11(3-5-12)21(31)32)20(30)17-10-18(27-26-17)25-19(29)13-8-15(23)16(24)9-14(13)22/h2-5,8-10H,6-7H2,1H3,(H,31,32)(H2,25,26,27,29). The summed E-state index contributed by atoms with van der Waals surface area (Å²) in [6, 6.07) is 8.23. The average Bonchev–Trinajstić information content (AvgIpc) is 3.25. The van der Waals surface area contributed by atoms with Gasteiger partial charge in [0.15, 0.2) is 17.3 Å². The van der Waals surface area contributed by atoms with Crippen molar-refractivity contribution in [2.24, 2.45) is 0 Å². The van der Waals surface area contributed by atoms with Gasteiger partial charge < -0.3 is 20.1 Å². The van der Waals surface area contributed by atoms with Crippen LogP contribution in [0, 0.1) is 11.6 Å². The number of amides is 2. The Kier molecular flexibility index (Phi) is 7.36. The van der Waals surface area contributed by atoms with Gasteiger partial charge in [-0.25, -0.2) is 13.6 Å². The summed E-state index contributed by atoms with van der Waals surface area (Å²) in [5.74, 6) is -4.94. The Morgan fingerprint density at radius 2 is 1.82 bits per heavy atom. The second-order valence-corrected chi connectivity index (χ2v) is 7.08. The minimum atomic E-state index is -1.24. The van der Waals surface area contributed by atoms with Gasteiger partial charge in [0.2, 0.25) is 0 Å². The molecule has 1 heterocycles. The molecule has 1 aromatic heterocycles. The fourth-order valence-corrected chi connectivity index (χ4v) is 3.07. The molecule has 0 radical (unpaired) electrons. The number of hydrogen-bond acceptors (Lipinski definition) is 5. The summed E-state index contributed by atoms with van der Waals surface area (Å²) in [4.78, 5) is 37.8. The number of aromatic nitrogens is 2. The van der Waals surface area contributed by atoms with Crippen molar-refractivity contribution in [1.29, 1.82) is 0 Å². The number of aromatic amines is 1. The number of aromatic carboxylic acids is 1. The second-order valence-electron chi connectivity index (χ2n) is 6.67. The molecule has 0 bridgehead atoms. The van der Waals surface area contributed by atoms with Crippen LogP contribution in [-0.2, 0) is 4.74 Å². The number of rotatable bonds is 8. The van der Waals surface area contributed by atoms with E-state index in [4.69, 9.17) is 21.4 Å². The molecule has 2 amide bonds. The summed E-state index contributed by atoms with van der Waals surface area (Å²) in [5.41, 5.74) is 0.0844. The van der Waals surface area contributed by atoms with E-state index >= 15 is 0 Å². The highest BCUT2D eigenvalue weighted by molar-refractivity contribution is 6.34. The first kappa shape index (κ1) is 23.8. The second kappa shape index (κ2) is 10.2. The van der Waals surface area contributed by atoms with Crippen LogP contribution in [0.25, 0.3) is 0 Å². The van der Waals surface area contributed by atoms with E-state index in [0.29, 0.717) is 17.8 Å². The van der Waals surface area contributed by atoms with Crippen LogP contribution in [0.15, 0.2) is 42.5 Å². The first-order valence-corrected chi connectivity index (χ1v) is 9.74. The Bertz CT molecular complexity index is 1200. The lowest BCUT2D eigenvalue weighted by atomic mass is 10.2. The topological polar surface area (TPSA) is 125 Å². The number of H-pyrrole nitrogens is 1. The predicted molar refractivity (Wildman–Crippen MR) is 115 cm³/mol. The lowest BCUT2D eigenvalue weighted by Crippen LogP contribution is -2.34. The Balaban J connectivity index is 1.80. The SMILES string of the molecule is COCCN(C(=O)c1cc(NC(=O)c2cc(F)c(F)cc2Cl)[nH]n1)c1ccc(C(=O)O)cc1. The van der Waals surface area contributed by atoms with Crippen molar-refractivity contribution >= 4 is 40.9 Å². The third-order valence-corrected chi connectivity index (χ3v) is 4.80. The molecule has 0 saturated heterocycles. The lowest BCUT2D eigenvalue weighted by molar-refractivity contribution is 0.0696. The van der Waals surface area contributed by atoms with Gasteiger partial charge in [0.25, 0.3) is 11.8 Å². The Morgan fingerprint density at radius 3 is 2.45 bits per heavy atom. The molecule has 3 N–H and O–H groups in total. The van der Waals surface area contributed by atoms with Crippen molar-refractivity contribution in [2.75, 3.05) is 30.5 Å². The normalized spacial score (nSPS) is 10.7. The van der Waals surface area contributed by atoms with Crippen LogP contribution in [0.4, 0.5) is 20.3 Å². The van der Waals surface area contributed by atoms with Gasteiger partial charge in [-0.15, -0.1) is 0 Å². The largest absolute Gasteiger partial charge is 0.478 e. The van der Waals surface area contributed by atoms with E-state index in [0.717, 1.165) is 0 Å². The predicted octanol–water partition coefficient (Wildman–Crippen LogP) is 3.59. The maximum absolute atomic E-state index is 13.5. The molecule has 12 heteroatoms. The molecule has 9 nitrogen and oxygen atoms in total. The van der Waals surface area contributed by atoms with Crippen LogP contribution in [0.1, 0.15) is 31.2 Å². The highest BCUT2D eigenvalue weighted by Crippen LogP contribution is 2.22. The van der Waals surface area contributed by atoms with Crippen molar-refractivity contribution in [1.82, 2.24) is 10.2 Å². The van der Waals surface area contributed by atoms with Crippen molar-refractivity contribution in [3.8, 4) is 0 Å². The molecule has 2 aromatic carbocycles. The smallest absolute Gasteiger partial charge is 0.335 e. The van der Waals surface area contributed by atoms with E-state index in [-0.39, 0.29) is 40.8 Å². The molecular formula is C21H17ClF2N4O5.